The summed E-state index contributed by atoms with van der Waals surface area (Å²) >= 11 is 0. The Balaban J connectivity index is 2.55. The molecule has 0 atom stereocenters. The number of furan rings is 1. The van der Waals surface area contributed by atoms with Gasteiger partial charge in [-0.2, -0.15) is 0 Å². The first-order chi connectivity index (χ1) is 10.5. The number of benzene rings is 1. The van der Waals surface area contributed by atoms with Crippen LogP contribution in [0.2, 0.25) is 0 Å². The molecular formula is C15H14N2O5. The van der Waals surface area contributed by atoms with Crippen molar-refractivity contribution >= 4 is 17.7 Å². The van der Waals surface area contributed by atoms with Crippen LogP contribution in [0.25, 0.3) is 11.1 Å². The Morgan fingerprint density at radius 2 is 2.14 bits per heavy atom. The summed E-state index contributed by atoms with van der Waals surface area (Å²) in [7, 11) is 1.55. The molecule has 1 amide bonds. The Bertz CT molecular complexity index is 748. The van der Waals surface area contributed by atoms with Crippen molar-refractivity contribution in [1.82, 2.24) is 0 Å². The molecule has 0 spiro atoms. The van der Waals surface area contributed by atoms with Gasteiger partial charge in [0.15, 0.2) is 0 Å². The van der Waals surface area contributed by atoms with E-state index in [-0.39, 0.29) is 5.88 Å². The van der Waals surface area contributed by atoms with Crippen molar-refractivity contribution in [2.45, 2.75) is 6.92 Å². The zero-order valence-corrected chi connectivity index (χ0v) is 12.1. The van der Waals surface area contributed by atoms with Crippen molar-refractivity contribution in [3.63, 3.8) is 0 Å². The molecule has 0 fully saturated rings. The molecule has 0 aliphatic carbocycles. The average molecular weight is 302 g/mol. The van der Waals surface area contributed by atoms with E-state index in [1.807, 2.05) is 6.92 Å². The van der Waals surface area contributed by atoms with E-state index in [9.17, 15) is 14.9 Å². The van der Waals surface area contributed by atoms with Crippen molar-refractivity contribution in [1.29, 1.82) is 0 Å². The monoisotopic (exact) mass is 302 g/mol. The zero-order valence-electron chi connectivity index (χ0n) is 12.1. The maximum absolute atomic E-state index is 11.5. The van der Waals surface area contributed by atoms with Crippen LogP contribution in [0.3, 0.4) is 0 Å². The van der Waals surface area contributed by atoms with E-state index in [0.29, 0.717) is 16.9 Å². The number of hydrogen-bond acceptors (Lipinski definition) is 5. The van der Waals surface area contributed by atoms with Crippen LogP contribution in [0.4, 0.5) is 11.8 Å². The number of nitro groups is 1. The molecular weight excluding hydrogens is 288 g/mol. The molecule has 0 radical (unpaired) electrons. The number of hydrogen-bond donors (Lipinski definition) is 1. The van der Waals surface area contributed by atoms with E-state index in [4.69, 9.17) is 9.15 Å². The first kappa shape index (κ1) is 15.3. The second-order valence-electron chi connectivity index (χ2n) is 4.46. The van der Waals surface area contributed by atoms with Crippen LogP contribution in [-0.2, 0) is 4.79 Å². The lowest BCUT2D eigenvalue weighted by atomic mass is 10.0. The quantitative estimate of drug-likeness (QED) is 0.519. The van der Waals surface area contributed by atoms with E-state index < -0.39 is 16.7 Å². The minimum Gasteiger partial charge on any atom is -0.497 e. The van der Waals surface area contributed by atoms with Crippen LogP contribution in [0, 0.1) is 17.0 Å². The Morgan fingerprint density at radius 3 is 2.68 bits per heavy atom. The molecule has 0 bridgehead atoms. The van der Waals surface area contributed by atoms with Gasteiger partial charge in [0.2, 0.25) is 11.8 Å². The SMILES string of the molecule is C=CC(=O)Nc1oc([N+](=O)[O-])cc1-c1ccc(OC)cc1C. The summed E-state index contributed by atoms with van der Waals surface area (Å²) in [4.78, 5) is 21.7. The summed E-state index contributed by atoms with van der Waals surface area (Å²) in [5.41, 5.74) is 1.93. The van der Waals surface area contributed by atoms with Crippen LogP contribution < -0.4 is 10.1 Å². The molecule has 0 aliphatic rings. The van der Waals surface area contributed by atoms with Crippen molar-refractivity contribution in [3.8, 4) is 16.9 Å². The van der Waals surface area contributed by atoms with Crippen molar-refractivity contribution < 1.29 is 18.9 Å². The lowest BCUT2D eigenvalue weighted by Crippen LogP contribution is -2.07. The van der Waals surface area contributed by atoms with Gasteiger partial charge in [0.05, 0.1) is 18.7 Å². The van der Waals surface area contributed by atoms with Gasteiger partial charge in [0.25, 0.3) is 0 Å². The molecule has 1 aromatic carbocycles. The molecule has 0 unspecified atom stereocenters. The van der Waals surface area contributed by atoms with Gasteiger partial charge < -0.3 is 9.15 Å². The summed E-state index contributed by atoms with van der Waals surface area (Å²) in [5.74, 6) is -0.304. The number of rotatable bonds is 5. The average Bonchev–Trinajstić information content (AvgIpc) is 2.90. The number of methoxy groups -OCH3 is 1. The molecule has 7 heteroatoms. The number of carbonyl (C=O) groups excluding carboxylic acids is 1. The largest absolute Gasteiger partial charge is 0.497 e. The molecule has 0 saturated carbocycles. The Kier molecular flexibility index (Phi) is 4.26. The number of aryl methyl sites for hydroxylation is 1. The first-order valence-corrected chi connectivity index (χ1v) is 6.33. The summed E-state index contributed by atoms with van der Waals surface area (Å²) in [6.07, 6.45) is 1.05. The van der Waals surface area contributed by atoms with Gasteiger partial charge in [-0.15, -0.1) is 0 Å². The van der Waals surface area contributed by atoms with Crippen LogP contribution >= 0.6 is 0 Å². The van der Waals surface area contributed by atoms with Crippen LogP contribution in [0.15, 0.2) is 41.3 Å². The van der Waals surface area contributed by atoms with E-state index in [1.165, 1.54) is 6.07 Å². The normalized spacial score (nSPS) is 10.1. The zero-order chi connectivity index (χ0) is 16.3. The Morgan fingerprint density at radius 1 is 1.41 bits per heavy atom. The highest BCUT2D eigenvalue weighted by Crippen LogP contribution is 2.37. The van der Waals surface area contributed by atoms with Gasteiger partial charge in [0, 0.05) is 0 Å². The van der Waals surface area contributed by atoms with E-state index >= 15 is 0 Å². The fourth-order valence-corrected chi connectivity index (χ4v) is 1.99. The minimum absolute atomic E-state index is 0.00451. The van der Waals surface area contributed by atoms with Gasteiger partial charge in [-0.1, -0.05) is 12.6 Å². The van der Waals surface area contributed by atoms with E-state index in [1.54, 1.807) is 25.3 Å². The van der Waals surface area contributed by atoms with Crippen LogP contribution in [-0.4, -0.2) is 17.9 Å². The lowest BCUT2D eigenvalue weighted by molar-refractivity contribution is -0.401. The van der Waals surface area contributed by atoms with E-state index in [0.717, 1.165) is 11.6 Å². The van der Waals surface area contributed by atoms with Crippen molar-refractivity contribution in [2.75, 3.05) is 12.4 Å². The Hall–Kier alpha value is -3.09. The number of nitrogens with zero attached hydrogens (tertiary/aromatic N) is 1. The highest BCUT2D eigenvalue weighted by atomic mass is 16.6. The van der Waals surface area contributed by atoms with Gasteiger partial charge in [-0.05, 0) is 36.3 Å². The van der Waals surface area contributed by atoms with Crippen molar-refractivity contribution in [3.05, 3.63) is 52.6 Å². The summed E-state index contributed by atoms with van der Waals surface area (Å²) < 4.78 is 10.2. The second kappa shape index (κ2) is 6.13. The lowest BCUT2D eigenvalue weighted by Gasteiger charge is -2.08. The Labute approximate surface area is 126 Å². The molecule has 22 heavy (non-hydrogen) atoms. The van der Waals surface area contributed by atoms with Gasteiger partial charge in [-0.25, -0.2) is 0 Å². The molecule has 0 aliphatic heterocycles. The maximum Gasteiger partial charge on any atom is 0.435 e. The standard InChI is InChI=1S/C15H14N2O5/c1-4-13(18)16-15-12(8-14(22-15)17(19)20)11-6-5-10(21-3)7-9(11)2/h4-8H,1H2,2-3H3,(H,16,18). The minimum atomic E-state index is -0.661. The summed E-state index contributed by atoms with van der Waals surface area (Å²) in [5, 5.41) is 13.3. The topological polar surface area (TPSA) is 94.6 Å². The molecule has 114 valence electrons. The molecule has 1 aromatic heterocycles. The second-order valence-corrected chi connectivity index (χ2v) is 4.46. The third-order valence-electron chi connectivity index (χ3n) is 3.04. The predicted molar refractivity (Wildman–Crippen MR) is 80.9 cm³/mol. The molecule has 2 rings (SSSR count). The fraction of sp³-hybridized carbons (Fsp3) is 0.133. The number of nitrogens with one attached hydrogen (secondary N) is 1. The van der Waals surface area contributed by atoms with Crippen LogP contribution in [0.5, 0.6) is 5.75 Å². The smallest absolute Gasteiger partial charge is 0.435 e. The predicted octanol–water partition coefficient (Wildman–Crippen LogP) is 3.30. The highest BCUT2D eigenvalue weighted by molar-refractivity contribution is 6.00. The van der Waals surface area contributed by atoms with Gasteiger partial charge in [-0.3, -0.25) is 20.2 Å². The molecule has 1 N–H and O–H groups in total. The summed E-state index contributed by atoms with van der Waals surface area (Å²) in [6, 6.07) is 6.52. The highest BCUT2D eigenvalue weighted by Gasteiger charge is 2.22. The first-order valence-electron chi connectivity index (χ1n) is 6.33. The van der Waals surface area contributed by atoms with Gasteiger partial charge in [0.1, 0.15) is 10.7 Å². The van der Waals surface area contributed by atoms with E-state index in [2.05, 4.69) is 11.9 Å². The number of ether oxygens (including phenoxy) is 1. The molecule has 0 saturated heterocycles. The third-order valence-corrected chi connectivity index (χ3v) is 3.04. The maximum atomic E-state index is 11.5. The number of anilines is 1. The van der Waals surface area contributed by atoms with Gasteiger partial charge >= 0.3 is 5.88 Å². The number of amides is 1. The molecule has 2 aromatic rings. The van der Waals surface area contributed by atoms with Crippen molar-refractivity contribution in [2.24, 2.45) is 0 Å². The number of carbonyl (C=O) groups is 1. The fourth-order valence-electron chi connectivity index (χ4n) is 1.99. The molecule has 1 heterocycles. The molecule has 7 nitrogen and oxygen atoms in total. The van der Waals surface area contributed by atoms with Crippen LogP contribution in [0.1, 0.15) is 5.56 Å². The third kappa shape index (κ3) is 2.98. The summed E-state index contributed by atoms with van der Waals surface area (Å²) in [6.45, 7) is 5.17.